The van der Waals surface area contributed by atoms with Crippen LogP contribution in [-0.2, 0) is 0 Å². The predicted octanol–water partition coefficient (Wildman–Crippen LogP) is 1.82. The van der Waals surface area contributed by atoms with Gasteiger partial charge in [0.2, 0.25) is 0 Å². The molecule has 0 radical (unpaired) electrons. The van der Waals surface area contributed by atoms with Crippen molar-refractivity contribution in [2.24, 2.45) is 0 Å². The average Bonchev–Trinajstić information content (AvgIpc) is 2.94. The van der Waals surface area contributed by atoms with Crippen LogP contribution >= 0.6 is 0 Å². The normalized spacial score (nSPS) is 12.3. The molecule has 9 heteroatoms. The van der Waals surface area contributed by atoms with Gasteiger partial charge >= 0.3 is 11.7 Å². The zero-order valence-corrected chi connectivity index (χ0v) is 15.5. The second-order valence-electron chi connectivity index (χ2n) is 7.07. The van der Waals surface area contributed by atoms with E-state index < -0.39 is 17.8 Å². The van der Waals surface area contributed by atoms with Crippen LogP contribution in [0.3, 0.4) is 0 Å². The first-order chi connectivity index (χ1) is 12.1. The number of hydrogen-bond acceptors (Lipinski definition) is 4. The lowest BCUT2D eigenvalue weighted by Crippen LogP contribution is -2.41. The summed E-state index contributed by atoms with van der Waals surface area (Å²) in [5, 5.41) is 14.3. The molecule has 0 aliphatic carbocycles. The van der Waals surface area contributed by atoms with Crippen LogP contribution < -0.4 is 21.6 Å². The summed E-state index contributed by atoms with van der Waals surface area (Å²) in [7, 11) is 0. The first kappa shape index (κ1) is 19.2. The smallest absolute Gasteiger partial charge is 0.340 e. The highest BCUT2D eigenvalue weighted by Crippen LogP contribution is 2.20. The molecule has 1 aromatic heterocycles. The summed E-state index contributed by atoms with van der Waals surface area (Å²) in [6.07, 6.45) is 0. The van der Waals surface area contributed by atoms with Crippen molar-refractivity contribution in [3.05, 3.63) is 45.6 Å². The highest BCUT2D eigenvalue weighted by Gasteiger charge is 2.19. The number of hydrogen-bond donors (Lipinski definition) is 5. The van der Waals surface area contributed by atoms with Crippen molar-refractivity contribution in [2.75, 3.05) is 5.32 Å². The van der Waals surface area contributed by atoms with Crippen molar-refractivity contribution in [3.63, 3.8) is 0 Å². The van der Waals surface area contributed by atoms with Gasteiger partial charge in [-0.1, -0.05) is 6.07 Å². The monoisotopic (exact) mass is 360 g/mol. The van der Waals surface area contributed by atoms with Gasteiger partial charge in [0.05, 0.1) is 6.04 Å². The van der Waals surface area contributed by atoms with Crippen LogP contribution in [0.1, 0.15) is 55.5 Å². The molecule has 0 aliphatic rings. The molecule has 2 aromatic rings. The number of nitrogens with zero attached hydrogens (tertiary/aromatic N) is 1. The van der Waals surface area contributed by atoms with Gasteiger partial charge in [-0.05, 0) is 52.3 Å². The summed E-state index contributed by atoms with van der Waals surface area (Å²) in [6, 6.07) is 4.15. The molecule has 0 unspecified atom stereocenters. The van der Waals surface area contributed by atoms with Gasteiger partial charge in [0, 0.05) is 16.8 Å². The Morgan fingerprint density at radius 2 is 1.92 bits per heavy atom. The number of amides is 3. The van der Waals surface area contributed by atoms with Gasteiger partial charge in [-0.25, -0.2) is 14.7 Å². The number of nitrogens with one attached hydrogen (secondary N) is 5. The zero-order valence-electron chi connectivity index (χ0n) is 15.5. The van der Waals surface area contributed by atoms with Crippen molar-refractivity contribution in [2.45, 2.75) is 46.2 Å². The molecule has 26 heavy (non-hydrogen) atoms. The van der Waals surface area contributed by atoms with Gasteiger partial charge in [-0.3, -0.25) is 9.78 Å². The maximum Gasteiger partial charge on any atom is 0.340 e. The third-order valence-corrected chi connectivity index (χ3v) is 3.59. The minimum absolute atomic E-state index is 0.207. The van der Waals surface area contributed by atoms with Crippen molar-refractivity contribution < 1.29 is 9.59 Å². The summed E-state index contributed by atoms with van der Waals surface area (Å²) >= 11 is 0. The number of aromatic amines is 2. The third-order valence-electron chi connectivity index (χ3n) is 3.59. The Morgan fingerprint density at radius 1 is 1.23 bits per heavy atom. The Balaban J connectivity index is 2.09. The largest absolute Gasteiger partial charge is 0.347 e. The lowest BCUT2D eigenvalue weighted by atomic mass is 10.0. The minimum atomic E-state index is -0.498. The topological polar surface area (TPSA) is 132 Å². The van der Waals surface area contributed by atoms with Crippen LogP contribution in [0.15, 0.2) is 23.0 Å². The summed E-state index contributed by atoms with van der Waals surface area (Å²) in [6.45, 7) is 9.15. The SMILES string of the molecule is Cc1c(NC(=O)N[C@H](C)c2n[nH]c(=O)[nH]2)cccc1C(=O)NC(C)(C)C. The number of carbonyl (C=O) groups excluding carboxylic acids is 2. The van der Waals surface area contributed by atoms with Crippen LogP contribution in [0.25, 0.3) is 0 Å². The zero-order chi connectivity index (χ0) is 19.5. The highest BCUT2D eigenvalue weighted by molar-refractivity contribution is 5.99. The van der Waals surface area contributed by atoms with Crippen molar-refractivity contribution in [1.29, 1.82) is 0 Å². The molecule has 9 nitrogen and oxygen atoms in total. The molecule has 0 saturated heterocycles. The van der Waals surface area contributed by atoms with E-state index in [1.54, 1.807) is 32.0 Å². The lowest BCUT2D eigenvalue weighted by Gasteiger charge is -2.22. The van der Waals surface area contributed by atoms with Crippen LogP contribution in [0.2, 0.25) is 0 Å². The Hall–Kier alpha value is -3.10. The molecule has 0 spiro atoms. The Kier molecular flexibility index (Phi) is 5.49. The third kappa shape index (κ3) is 4.95. The second kappa shape index (κ2) is 7.42. The van der Waals surface area contributed by atoms with Crippen LogP contribution in [0.4, 0.5) is 10.5 Å². The predicted molar refractivity (Wildman–Crippen MR) is 98.2 cm³/mol. The molecule has 0 bridgehead atoms. The number of H-pyrrole nitrogens is 2. The van der Waals surface area contributed by atoms with Crippen LogP contribution in [0, 0.1) is 6.92 Å². The van der Waals surface area contributed by atoms with E-state index in [-0.39, 0.29) is 11.4 Å². The van der Waals surface area contributed by atoms with Gasteiger partial charge in [-0.2, -0.15) is 5.10 Å². The Bertz CT molecular complexity index is 862. The van der Waals surface area contributed by atoms with Gasteiger partial charge < -0.3 is 16.0 Å². The van der Waals surface area contributed by atoms with Crippen molar-refractivity contribution in [3.8, 4) is 0 Å². The van der Waals surface area contributed by atoms with E-state index in [2.05, 4.69) is 31.1 Å². The number of aromatic nitrogens is 3. The molecular formula is C17H24N6O3. The fourth-order valence-corrected chi connectivity index (χ4v) is 2.34. The van der Waals surface area contributed by atoms with E-state index in [0.29, 0.717) is 22.6 Å². The minimum Gasteiger partial charge on any atom is -0.347 e. The van der Waals surface area contributed by atoms with E-state index in [0.717, 1.165) is 0 Å². The molecule has 1 aromatic carbocycles. The molecule has 2 rings (SSSR count). The van der Waals surface area contributed by atoms with E-state index >= 15 is 0 Å². The molecule has 0 fully saturated rings. The number of rotatable bonds is 4. The van der Waals surface area contributed by atoms with E-state index in [4.69, 9.17) is 0 Å². The van der Waals surface area contributed by atoms with Gasteiger partial charge in [-0.15, -0.1) is 0 Å². The number of urea groups is 1. The van der Waals surface area contributed by atoms with Gasteiger partial charge in [0.25, 0.3) is 5.91 Å². The van der Waals surface area contributed by atoms with Crippen LogP contribution in [0.5, 0.6) is 0 Å². The Morgan fingerprint density at radius 3 is 2.50 bits per heavy atom. The first-order valence-corrected chi connectivity index (χ1v) is 8.21. The number of carbonyl (C=O) groups is 2. The fourth-order valence-electron chi connectivity index (χ4n) is 2.34. The number of anilines is 1. The molecule has 5 N–H and O–H groups in total. The summed E-state index contributed by atoms with van der Waals surface area (Å²) in [4.78, 5) is 38.2. The van der Waals surface area contributed by atoms with E-state index in [1.807, 2.05) is 20.8 Å². The summed E-state index contributed by atoms with van der Waals surface area (Å²) in [5.41, 5.74) is 0.863. The quantitative estimate of drug-likeness (QED) is 0.569. The van der Waals surface area contributed by atoms with E-state index in [9.17, 15) is 14.4 Å². The van der Waals surface area contributed by atoms with Crippen molar-refractivity contribution >= 4 is 17.6 Å². The first-order valence-electron chi connectivity index (χ1n) is 8.21. The summed E-state index contributed by atoms with van der Waals surface area (Å²) in [5.74, 6) is 0.113. The van der Waals surface area contributed by atoms with Crippen LogP contribution in [-0.4, -0.2) is 32.7 Å². The Labute approximate surface area is 151 Å². The highest BCUT2D eigenvalue weighted by atomic mass is 16.2. The lowest BCUT2D eigenvalue weighted by molar-refractivity contribution is 0.0919. The maximum atomic E-state index is 12.4. The molecule has 0 saturated carbocycles. The molecule has 0 aliphatic heterocycles. The summed E-state index contributed by atoms with van der Waals surface area (Å²) < 4.78 is 0. The fraction of sp³-hybridized carbons (Fsp3) is 0.412. The molecule has 140 valence electrons. The van der Waals surface area contributed by atoms with E-state index in [1.165, 1.54) is 0 Å². The molecule has 3 amide bonds. The average molecular weight is 360 g/mol. The van der Waals surface area contributed by atoms with Crippen molar-refractivity contribution in [1.82, 2.24) is 25.8 Å². The molecule has 1 atom stereocenters. The van der Waals surface area contributed by atoms with Gasteiger partial charge in [0.15, 0.2) is 5.82 Å². The van der Waals surface area contributed by atoms with Gasteiger partial charge in [0.1, 0.15) is 0 Å². The maximum absolute atomic E-state index is 12.4. The molecule has 1 heterocycles. The number of benzene rings is 1. The second-order valence-corrected chi connectivity index (χ2v) is 7.07. The molecular weight excluding hydrogens is 336 g/mol. The standard InChI is InChI=1S/C17H24N6O3/c1-9-11(14(24)21-17(3,4)5)7-6-8-12(9)19-15(25)18-10(2)13-20-16(26)23-22-13/h6-8,10H,1-5H3,(H,21,24)(H2,18,19,25)(H2,20,22,23,26)/t10-/m1/s1.